The summed E-state index contributed by atoms with van der Waals surface area (Å²) in [6, 6.07) is 8.18. The number of hydrogen-bond acceptors (Lipinski definition) is 4. The Bertz CT molecular complexity index is 854. The summed E-state index contributed by atoms with van der Waals surface area (Å²) >= 11 is 5.88. The second-order valence-electron chi connectivity index (χ2n) is 5.36. The fraction of sp³-hybridized carbons (Fsp3) is 0.176. The molecule has 0 aliphatic heterocycles. The van der Waals surface area contributed by atoms with E-state index in [1.165, 1.54) is 0 Å². The number of aryl methyl sites for hydroxylation is 1. The molecule has 2 aromatic carbocycles. The minimum absolute atomic E-state index is 0.0356. The van der Waals surface area contributed by atoms with E-state index in [1.54, 1.807) is 18.2 Å². The molecule has 0 heterocycles. The van der Waals surface area contributed by atoms with Crippen molar-refractivity contribution in [2.24, 2.45) is 0 Å². The maximum Gasteiger partial charge on any atom is 0.573 e. The molecule has 0 aromatic heterocycles. The molecule has 0 fully saturated rings. The number of carboxylic acids is 1. The van der Waals surface area contributed by atoms with Gasteiger partial charge in [0.05, 0.1) is 0 Å². The first-order valence-electron chi connectivity index (χ1n) is 7.28. The largest absolute Gasteiger partial charge is 0.573 e. The fourth-order valence-corrected chi connectivity index (χ4v) is 2.47. The molecular formula is C17H14ClF3N2O3. The predicted molar refractivity (Wildman–Crippen MR) is 91.1 cm³/mol. The first kappa shape index (κ1) is 19.6. The number of alkyl halides is 3. The third kappa shape index (κ3) is 5.13. The van der Waals surface area contributed by atoms with E-state index >= 15 is 0 Å². The van der Waals surface area contributed by atoms with Crippen molar-refractivity contribution < 1.29 is 27.8 Å². The summed E-state index contributed by atoms with van der Waals surface area (Å²) in [5.41, 5.74) is 0.887. The molecule has 2 aromatic rings. The number of nitrogens with one attached hydrogen (secondary N) is 2. The Labute approximate surface area is 151 Å². The van der Waals surface area contributed by atoms with Crippen molar-refractivity contribution >= 4 is 29.0 Å². The quantitative estimate of drug-likeness (QED) is 0.633. The Balaban J connectivity index is 2.33. The van der Waals surface area contributed by atoms with Crippen LogP contribution in [0.25, 0.3) is 0 Å². The minimum atomic E-state index is -4.88. The molecule has 138 valence electrons. The molecule has 0 radical (unpaired) electrons. The van der Waals surface area contributed by atoms with Crippen LogP contribution in [0.1, 0.15) is 16.7 Å². The number of rotatable bonds is 6. The summed E-state index contributed by atoms with van der Waals surface area (Å²) in [4.78, 5) is 11.1. The molecule has 9 heteroatoms. The number of ether oxygens (including phenoxy) is 1. The topological polar surface area (TPSA) is 82.4 Å². The van der Waals surface area contributed by atoms with E-state index in [4.69, 9.17) is 22.1 Å². The molecule has 0 saturated carbocycles. The molecule has 0 amide bonds. The molecule has 2 rings (SSSR count). The van der Waals surface area contributed by atoms with Gasteiger partial charge in [-0.25, -0.2) is 4.79 Å². The maximum absolute atomic E-state index is 12.4. The lowest BCUT2D eigenvalue weighted by molar-refractivity contribution is -0.274. The van der Waals surface area contributed by atoms with Crippen LogP contribution in [-0.2, 0) is 11.3 Å². The van der Waals surface area contributed by atoms with Crippen molar-refractivity contribution in [3.05, 3.63) is 58.1 Å². The zero-order valence-electron chi connectivity index (χ0n) is 13.4. The van der Waals surface area contributed by atoms with Crippen LogP contribution < -0.4 is 10.1 Å². The van der Waals surface area contributed by atoms with Crippen molar-refractivity contribution in [1.29, 1.82) is 5.41 Å². The number of halogens is 4. The van der Waals surface area contributed by atoms with Crippen LogP contribution in [-0.4, -0.2) is 23.1 Å². The van der Waals surface area contributed by atoms with Gasteiger partial charge >= 0.3 is 12.3 Å². The van der Waals surface area contributed by atoms with E-state index in [2.05, 4.69) is 10.1 Å². The van der Waals surface area contributed by atoms with Crippen LogP contribution in [0, 0.1) is 12.3 Å². The van der Waals surface area contributed by atoms with Gasteiger partial charge in [-0.1, -0.05) is 17.7 Å². The van der Waals surface area contributed by atoms with Gasteiger partial charge in [0.1, 0.15) is 11.5 Å². The van der Waals surface area contributed by atoms with Gasteiger partial charge in [0, 0.05) is 28.9 Å². The lowest BCUT2D eigenvalue weighted by atomic mass is 10.1. The van der Waals surface area contributed by atoms with Crippen molar-refractivity contribution in [3.63, 3.8) is 0 Å². The van der Waals surface area contributed by atoms with Crippen molar-refractivity contribution in [1.82, 2.24) is 0 Å². The first-order valence-corrected chi connectivity index (χ1v) is 7.65. The van der Waals surface area contributed by atoms with Gasteiger partial charge in [0.15, 0.2) is 0 Å². The van der Waals surface area contributed by atoms with Crippen LogP contribution in [0.3, 0.4) is 0 Å². The van der Waals surface area contributed by atoms with Gasteiger partial charge in [0.25, 0.3) is 0 Å². The van der Waals surface area contributed by atoms with E-state index in [-0.39, 0.29) is 17.8 Å². The standard InChI is InChI=1S/C17H14ClF3N2O3/c1-9-6-11(18)3-2-10(9)8-23-14-7-12(26-17(19,20)21)4-5-13(14)15(22)16(24)25/h2-7,22-23H,8H2,1H3,(H,24,25). The molecular weight excluding hydrogens is 373 g/mol. The Kier molecular flexibility index (Phi) is 5.76. The van der Waals surface area contributed by atoms with Gasteiger partial charge in [-0.2, -0.15) is 0 Å². The highest BCUT2D eigenvalue weighted by atomic mass is 35.5. The summed E-state index contributed by atoms with van der Waals surface area (Å²) in [6.45, 7) is 2.00. The van der Waals surface area contributed by atoms with E-state index in [0.29, 0.717) is 5.02 Å². The number of hydrogen-bond donors (Lipinski definition) is 3. The highest BCUT2D eigenvalue weighted by Crippen LogP contribution is 2.29. The molecule has 0 unspecified atom stereocenters. The Morgan fingerprint density at radius 1 is 1.27 bits per heavy atom. The molecule has 0 aliphatic rings. The molecule has 3 N–H and O–H groups in total. The maximum atomic E-state index is 12.4. The predicted octanol–water partition coefficient (Wildman–Crippen LogP) is 4.61. The average molecular weight is 387 g/mol. The second-order valence-corrected chi connectivity index (χ2v) is 5.80. The smallest absolute Gasteiger partial charge is 0.477 e. The molecule has 0 atom stereocenters. The summed E-state index contributed by atoms with van der Waals surface area (Å²) in [5.74, 6) is -2.02. The fourth-order valence-electron chi connectivity index (χ4n) is 2.25. The van der Waals surface area contributed by atoms with Crippen LogP contribution >= 0.6 is 11.6 Å². The zero-order chi connectivity index (χ0) is 19.5. The highest BCUT2D eigenvalue weighted by Gasteiger charge is 2.31. The Morgan fingerprint density at radius 2 is 1.96 bits per heavy atom. The molecule has 0 bridgehead atoms. The zero-order valence-corrected chi connectivity index (χ0v) is 14.2. The number of benzene rings is 2. The lowest BCUT2D eigenvalue weighted by Gasteiger charge is -2.15. The van der Waals surface area contributed by atoms with Crippen molar-refractivity contribution in [2.45, 2.75) is 19.8 Å². The number of anilines is 1. The van der Waals surface area contributed by atoms with E-state index < -0.39 is 23.8 Å². The summed E-state index contributed by atoms with van der Waals surface area (Å²) < 4.78 is 41.1. The van der Waals surface area contributed by atoms with Crippen LogP contribution in [0.2, 0.25) is 5.02 Å². The number of aliphatic carboxylic acids is 1. The number of carbonyl (C=O) groups is 1. The van der Waals surface area contributed by atoms with E-state index in [0.717, 1.165) is 29.3 Å². The third-order valence-corrected chi connectivity index (χ3v) is 3.72. The normalized spacial score (nSPS) is 11.1. The average Bonchev–Trinajstić information content (AvgIpc) is 2.52. The Hall–Kier alpha value is -2.74. The van der Waals surface area contributed by atoms with Gasteiger partial charge in [-0.3, -0.25) is 5.41 Å². The third-order valence-electron chi connectivity index (χ3n) is 3.48. The lowest BCUT2D eigenvalue weighted by Crippen LogP contribution is -2.19. The van der Waals surface area contributed by atoms with Gasteiger partial charge in [0.2, 0.25) is 0 Å². The highest BCUT2D eigenvalue weighted by molar-refractivity contribution is 6.42. The summed E-state index contributed by atoms with van der Waals surface area (Å²) in [7, 11) is 0. The molecule has 26 heavy (non-hydrogen) atoms. The van der Waals surface area contributed by atoms with E-state index in [1.807, 2.05) is 6.92 Å². The molecule has 0 spiro atoms. The SMILES string of the molecule is Cc1cc(Cl)ccc1CNc1cc(OC(F)(F)F)ccc1C(=N)C(=O)O. The first-order chi connectivity index (χ1) is 12.1. The molecule has 0 aliphatic carbocycles. The van der Waals surface area contributed by atoms with Crippen LogP contribution in [0.4, 0.5) is 18.9 Å². The van der Waals surface area contributed by atoms with Gasteiger partial charge in [-0.05, 0) is 42.3 Å². The summed E-state index contributed by atoms with van der Waals surface area (Å²) in [5, 5.41) is 20.0. The van der Waals surface area contributed by atoms with Gasteiger partial charge in [-0.15, -0.1) is 13.2 Å². The van der Waals surface area contributed by atoms with Crippen molar-refractivity contribution in [3.8, 4) is 5.75 Å². The summed E-state index contributed by atoms with van der Waals surface area (Å²) in [6.07, 6.45) is -4.88. The van der Waals surface area contributed by atoms with Crippen LogP contribution in [0.15, 0.2) is 36.4 Å². The van der Waals surface area contributed by atoms with Crippen LogP contribution in [0.5, 0.6) is 5.75 Å². The monoisotopic (exact) mass is 386 g/mol. The molecule has 5 nitrogen and oxygen atoms in total. The Morgan fingerprint density at radius 3 is 2.54 bits per heavy atom. The second kappa shape index (κ2) is 7.65. The van der Waals surface area contributed by atoms with E-state index in [9.17, 15) is 18.0 Å². The minimum Gasteiger partial charge on any atom is -0.477 e. The molecule has 0 saturated heterocycles. The van der Waals surface area contributed by atoms with Gasteiger partial charge < -0.3 is 15.2 Å². The van der Waals surface area contributed by atoms with Crippen molar-refractivity contribution in [2.75, 3.05) is 5.32 Å². The number of carboxylic acid groups (broad SMARTS) is 1.